The number of hydrogen-bond acceptors (Lipinski definition) is 15. The second-order valence-electron chi connectivity index (χ2n) is 16.8. The van der Waals surface area contributed by atoms with Crippen molar-refractivity contribution in [2.45, 2.75) is 76.3 Å². The molecule has 0 aliphatic rings. The SMILES string of the molecule is COc1ccc([C@@H](CS(=O)(=O)Cc2ccc3sccc3c2)N(OC(=O)OC(C)(C)C)C(=O)OC(C)(C)C)cc1.COc1ccc([C@@H](CS(=O)(=O)Cc2ccc3sccc3c2)NO)cc1. The molecular weight excluding hydrogens is 901 g/mol. The van der Waals surface area contributed by atoms with E-state index in [2.05, 4.69) is 5.48 Å². The van der Waals surface area contributed by atoms with Gasteiger partial charge in [0.1, 0.15) is 28.7 Å². The van der Waals surface area contributed by atoms with Gasteiger partial charge >= 0.3 is 12.2 Å². The molecule has 6 rings (SSSR count). The van der Waals surface area contributed by atoms with E-state index in [1.165, 1.54) is 7.11 Å². The van der Waals surface area contributed by atoms with E-state index in [0.717, 1.165) is 25.7 Å². The maximum absolute atomic E-state index is 13.5. The van der Waals surface area contributed by atoms with Crippen molar-refractivity contribution in [3.63, 3.8) is 0 Å². The lowest BCUT2D eigenvalue weighted by Gasteiger charge is -2.32. The van der Waals surface area contributed by atoms with Gasteiger partial charge in [0, 0.05) is 9.40 Å². The molecule has 2 atom stereocenters. The number of thiophene rings is 2. The standard InChI is InChI=1S/C28H35NO8S2.C18H19NO4S2/c1-27(2,3)35-25(30)29(37-26(31)36-28(4,5)6)23(20-9-11-22(34-7)12-10-20)18-39(32,33)17-19-8-13-24-21(16-19)14-15-38-24;1-23-16-5-3-14(4-6-16)17(19-20)12-25(21,22)11-13-2-7-18-15(10-13)8-9-24-18/h8-16,23H,17-18H2,1-7H3;2-10,17,19-20H,11-12H2,1H3/t23-;17-/m11/s1. The fourth-order valence-electron chi connectivity index (χ4n) is 6.39. The molecule has 18 heteroatoms. The molecule has 0 saturated heterocycles. The Morgan fingerprint density at radius 2 is 1.09 bits per heavy atom. The molecule has 0 saturated carbocycles. The summed E-state index contributed by atoms with van der Waals surface area (Å²) in [6, 6.07) is 26.5. The highest BCUT2D eigenvalue weighted by Crippen LogP contribution is 2.31. The minimum atomic E-state index is -3.85. The quantitative estimate of drug-likeness (QED) is 0.0777. The van der Waals surface area contributed by atoms with Gasteiger partial charge in [-0.1, -0.05) is 36.4 Å². The van der Waals surface area contributed by atoms with Crippen LogP contribution in [0.15, 0.2) is 108 Å². The number of hydroxylamine groups is 3. The molecule has 0 aliphatic heterocycles. The van der Waals surface area contributed by atoms with Gasteiger partial charge in [-0.2, -0.15) is 5.48 Å². The van der Waals surface area contributed by atoms with Crippen LogP contribution in [0.5, 0.6) is 11.5 Å². The van der Waals surface area contributed by atoms with Gasteiger partial charge in [-0.25, -0.2) is 26.4 Å². The molecule has 6 aromatic rings. The molecule has 0 bridgehead atoms. The van der Waals surface area contributed by atoms with Crippen LogP contribution in [0.1, 0.15) is 75.9 Å². The zero-order chi connectivity index (χ0) is 46.9. The lowest BCUT2D eigenvalue weighted by Crippen LogP contribution is -2.44. The number of methoxy groups -OCH3 is 2. The Labute approximate surface area is 382 Å². The van der Waals surface area contributed by atoms with Crippen LogP contribution in [0.25, 0.3) is 20.2 Å². The van der Waals surface area contributed by atoms with Crippen LogP contribution < -0.4 is 15.0 Å². The lowest BCUT2D eigenvalue weighted by molar-refractivity contribution is -0.153. The first-order valence-electron chi connectivity index (χ1n) is 20.0. The fraction of sp³-hybridized carbons (Fsp3) is 0.348. The predicted molar refractivity (Wildman–Crippen MR) is 250 cm³/mol. The van der Waals surface area contributed by atoms with Gasteiger partial charge in [-0.3, -0.25) is 4.84 Å². The summed E-state index contributed by atoms with van der Waals surface area (Å²) in [6.07, 6.45) is -2.21. The molecule has 0 unspecified atom stereocenters. The molecule has 14 nitrogen and oxygen atoms in total. The minimum absolute atomic E-state index is 0.0624. The van der Waals surface area contributed by atoms with E-state index in [1.54, 1.807) is 126 Å². The minimum Gasteiger partial charge on any atom is -0.497 e. The largest absolute Gasteiger partial charge is 0.534 e. The van der Waals surface area contributed by atoms with Crippen molar-refractivity contribution in [2.24, 2.45) is 0 Å². The molecule has 64 heavy (non-hydrogen) atoms. The van der Waals surface area contributed by atoms with Crippen molar-refractivity contribution in [3.8, 4) is 11.5 Å². The molecule has 344 valence electrons. The molecular formula is C46H54N2O12S4. The smallest absolute Gasteiger partial charge is 0.497 e. The number of carbonyl (C=O) groups excluding carboxylic acids is 2. The molecule has 2 N–H and O–H groups in total. The number of nitrogens with one attached hydrogen (secondary N) is 1. The van der Waals surface area contributed by atoms with Gasteiger partial charge in [-0.15, -0.1) is 27.7 Å². The van der Waals surface area contributed by atoms with E-state index in [1.807, 2.05) is 53.2 Å². The molecule has 0 radical (unpaired) electrons. The Bertz CT molecular complexity index is 2720. The second-order valence-corrected chi connectivity index (χ2v) is 22.9. The topological polar surface area (TPSA) is 184 Å². The average Bonchev–Trinajstić information content (AvgIpc) is 3.89. The third-order valence-electron chi connectivity index (χ3n) is 9.23. The average molecular weight is 955 g/mol. The summed E-state index contributed by atoms with van der Waals surface area (Å²) in [5, 5.41) is 16.0. The van der Waals surface area contributed by atoms with Crippen molar-refractivity contribution in [3.05, 3.63) is 130 Å². The summed E-state index contributed by atoms with van der Waals surface area (Å²) in [7, 11) is -4.20. The maximum atomic E-state index is 13.5. The van der Waals surface area contributed by atoms with Gasteiger partial charge in [0.15, 0.2) is 19.7 Å². The van der Waals surface area contributed by atoms with Crippen molar-refractivity contribution in [1.29, 1.82) is 0 Å². The van der Waals surface area contributed by atoms with Crippen molar-refractivity contribution in [2.75, 3.05) is 25.7 Å². The van der Waals surface area contributed by atoms with Gasteiger partial charge in [0.2, 0.25) is 0 Å². The molecule has 0 spiro atoms. The number of sulfone groups is 2. The number of benzene rings is 4. The van der Waals surface area contributed by atoms with E-state index in [0.29, 0.717) is 33.3 Å². The Hall–Kier alpha value is -5.24. The van der Waals surface area contributed by atoms with Crippen LogP contribution in [-0.4, -0.2) is 76.3 Å². The van der Waals surface area contributed by atoms with E-state index in [9.17, 15) is 31.6 Å². The highest BCUT2D eigenvalue weighted by atomic mass is 32.2. The van der Waals surface area contributed by atoms with E-state index in [4.69, 9.17) is 23.8 Å². The highest BCUT2D eigenvalue weighted by Gasteiger charge is 2.37. The van der Waals surface area contributed by atoms with Crippen molar-refractivity contribution in [1.82, 2.24) is 10.5 Å². The van der Waals surface area contributed by atoms with E-state index < -0.39 is 61.0 Å². The summed E-state index contributed by atoms with van der Waals surface area (Å²) in [6.45, 7) is 9.87. The van der Waals surface area contributed by atoms with Crippen LogP contribution in [0, 0.1) is 0 Å². The molecule has 4 aromatic carbocycles. The molecule has 2 aromatic heterocycles. The Balaban J connectivity index is 0.000000264. The number of ether oxygens (including phenoxy) is 4. The van der Waals surface area contributed by atoms with Gasteiger partial charge in [-0.05, 0) is 146 Å². The van der Waals surface area contributed by atoms with Crippen molar-refractivity contribution >= 4 is 74.8 Å². The lowest BCUT2D eigenvalue weighted by atomic mass is 10.1. The molecule has 2 heterocycles. The van der Waals surface area contributed by atoms with Gasteiger partial charge in [0.05, 0.1) is 43.3 Å². The third-order valence-corrected chi connectivity index (χ3v) is 14.2. The second kappa shape index (κ2) is 21.2. The van der Waals surface area contributed by atoms with Gasteiger partial charge in [0.25, 0.3) is 0 Å². The van der Waals surface area contributed by atoms with E-state index in [-0.39, 0.29) is 17.3 Å². The Kier molecular flexibility index (Phi) is 16.5. The van der Waals surface area contributed by atoms with Crippen LogP contribution in [-0.2, 0) is 45.5 Å². The van der Waals surface area contributed by atoms with Crippen molar-refractivity contribution < 1.29 is 55.4 Å². The molecule has 0 aliphatic carbocycles. The Morgan fingerprint density at radius 3 is 1.53 bits per heavy atom. The number of nitrogens with zero attached hydrogens (tertiary/aromatic N) is 1. The number of hydrogen-bond donors (Lipinski definition) is 2. The molecule has 1 amide bonds. The number of carbonyl (C=O) groups is 2. The highest BCUT2D eigenvalue weighted by molar-refractivity contribution is 7.90. The van der Waals surface area contributed by atoms with Crippen LogP contribution in [0.3, 0.4) is 0 Å². The van der Waals surface area contributed by atoms with Crippen LogP contribution in [0.4, 0.5) is 9.59 Å². The first-order chi connectivity index (χ1) is 30.1. The first kappa shape index (κ1) is 49.8. The first-order valence-corrected chi connectivity index (χ1v) is 25.4. The molecule has 0 fully saturated rings. The van der Waals surface area contributed by atoms with Gasteiger partial charge < -0.3 is 24.2 Å². The Morgan fingerprint density at radius 1 is 0.641 bits per heavy atom. The summed E-state index contributed by atoms with van der Waals surface area (Å²) < 4.78 is 75.4. The predicted octanol–water partition coefficient (Wildman–Crippen LogP) is 10.2. The summed E-state index contributed by atoms with van der Waals surface area (Å²) in [5.74, 6) is 0.113. The number of amides is 1. The fourth-order valence-corrected chi connectivity index (χ4v) is 11.1. The van der Waals surface area contributed by atoms with Crippen LogP contribution in [0.2, 0.25) is 0 Å². The zero-order valence-corrected chi connectivity index (χ0v) is 40.2. The monoisotopic (exact) mass is 954 g/mol. The summed E-state index contributed by atoms with van der Waals surface area (Å²) in [5.41, 5.74) is 2.66. The normalized spacial score (nSPS) is 13.0. The third kappa shape index (κ3) is 14.9. The van der Waals surface area contributed by atoms with E-state index >= 15 is 0 Å². The van der Waals surface area contributed by atoms with Crippen LogP contribution >= 0.6 is 22.7 Å². The maximum Gasteiger partial charge on any atom is 0.534 e. The number of rotatable bonds is 14. The zero-order valence-electron chi connectivity index (χ0n) is 36.9. The number of fused-ring (bicyclic) bond motifs is 2. The summed E-state index contributed by atoms with van der Waals surface area (Å²) >= 11 is 3.19. The summed E-state index contributed by atoms with van der Waals surface area (Å²) in [4.78, 5) is 31.3.